The van der Waals surface area contributed by atoms with Crippen LogP contribution in [0.15, 0.2) is 0 Å². The van der Waals surface area contributed by atoms with Gasteiger partial charge in [0.05, 0.1) is 0 Å². The summed E-state index contributed by atoms with van der Waals surface area (Å²) in [5.41, 5.74) is 5.39. The fourth-order valence-corrected chi connectivity index (χ4v) is 1.28. The molecule has 3 N–H and O–H groups in total. The molecule has 0 heterocycles. The van der Waals surface area contributed by atoms with Gasteiger partial charge < -0.3 is 10.3 Å². The molecule has 7 heteroatoms. The molecule has 0 saturated heterocycles. The SMILES string of the molecule is CCCCCCCCCCN.O=S(=O)([O-])O.[Na+]. The van der Waals surface area contributed by atoms with Crippen molar-refractivity contribution in [3.8, 4) is 0 Å². The average molecular weight is 277 g/mol. The zero-order valence-electron chi connectivity index (χ0n) is 11.0. The van der Waals surface area contributed by atoms with Crippen molar-refractivity contribution < 1.29 is 47.1 Å². The Morgan fingerprint density at radius 3 is 1.59 bits per heavy atom. The first-order chi connectivity index (χ1) is 7.41. The summed E-state index contributed by atoms with van der Waals surface area (Å²) in [6.07, 6.45) is 11.0. The molecule has 0 aromatic carbocycles. The second-order valence-corrected chi connectivity index (χ2v) is 4.55. The van der Waals surface area contributed by atoms with Crippen molar-refractivity contribution in [2.45, 2.75) is 58.3 Å². The van der Waals surface area contributed by atoms with Crippen LogP contribution >= 0.6 is 0 Å². The molecule has 0 atom stereocenters. The molecule has 0 unspecified atom stereocenters. The molecule has 0 amide bonds. The molecule has 0 aromatic rings. The number of nitrogens with two attached hydrogens (primary N) is 1. The van der Waals surface area contributed by atoms with Gasteiger partial charge in [-0.15, -0.1) is 0 Å². The minimum absolute atomic E-state index is 0. The Bertz CT molecular complexity index is 206. The first-order valence-electron chi connectivity index (χ1n) is 5.80. The topological polar surface area (TPSA) is 103 Å². The predicted octanol–water partition coefficient (Wildman–Crippen LogP) is -0.906. The molecular formula is C10H24NNaO4S. The van der Waals surface area contributed by atoms with Gasteiger partial charge in [-0.1, -0.05) is 51.9 Å². The van der Waals surface area contributed by atoms with Crippen LogP contribution in [-0.2, 0) is 10.4 Å². The Kier molecular flexibility index (Phi) is 22.7. The number of hydrogen-bond donors (Lipinski definition) is 2. The van der Waals surface area contributed by atoms with Gasteiger partial charge in [-0.3, -0.25) is 4.55 Å². The molecule has 5 nitrogen and oxygen atoms in total. The predicted molar refractivity (Wildman–Crippen MR) is 64.0 cm³/mol. The summed E-state index contributed by atoms with van der Waals surface area (Å²) in [6.45, 7) is 3.13. The molecular weight excluding hydrogens is 253 g/mol. The molecule has 17 heavy (non-hydrogen) atoms. The van der Waals surface area contributed by atoms with Crippen molar-refractivity contribution >= 4 is 10.4 Å². The zero-order valence-corrected chi connectivity index (χ0v) is 13.8. The summed E-state index contributed by atoms with van der Waals surface area (Å²) in [5, 5.41) is 0. The Morgan fingerprint density at radius 1 is 1.00 bits per heavy atom. The van der Waals surface area contributed by atoms with Crippen LogP contribution in [0.1, 0.15) is 58.3 Å². The molecule has 0 aliphatic carbocycles. The summed E-state index contributed by atoms with van der Waals surface area (Å²) in [5.74, 6) is 0. The van der Waals surface area contributed by atoms with Crippen LogP contribution < -0.4 is 35.3 Å². The molecule has 0 aromatic heterocycles. The smallest absolute Gasteiger partial charge is 0.726 e. The van der Waals surface area contributed by atoms with Crippen LogP contribution in [0, 0.1) is 0 Å². The van der Waals surface area contributed by atoms with E-state index in [1.165, 1.54) is 51.4 Å². The van der Waals surface area contributed by atoms with E-state index in [1.54, 1.807) is 0 Å². The molecule has 0 rings (SSSR count). The summed E-state index contributed by atoms with van der Waals surface area (Å²) in [6, 6.07) is 0. The minimum Gasteiger partial charge on any atom is -0.726 e. The zero-order chi connectivity index (χ0) is 12.9. The van der Waals surface area contributed by atoms with E-state index in [0.717, 1.165) is 6.54 Å². The van der Waals surface area contributed by atoms with Gasteiger partial charge in [0.2, 0.25) is 10.4 Å². The Balaban J connectivity index is -0.000000280. The van der Waals surface area contributed by atoms with E-state index in [9.17, 15) is 0 Å². The third-order valence-corrected chi connectivity index (χ3v) is 2.06. The van der Waals surface area contributed by atoms with Gasteiger partial charge in [0.15, 0.2) is 0 Å². The second-order valence-electron chi connectivity index (χ2n) is 3.69. The van der Waals surface area contributed by atoms with Gasteiger partial charge in [0.1, 0.15) is 0 Å². The van der Waals surface area contributed by atoms with E-state index < -0.39 is 10.4 Å². The average Bonchev–Trinajstić information content (AvgIpc) is 2.14. The molecule has 0 bridgehead atoms. The number of unbranched alkanes of at least 4 members (excludes halogenated alkanes) is 7. The maximum absolute atomic E-state index is 8.63. The van der Waals surface area contributed by atoms with E-state index >= 15 is 0 Å². The van der Waals surface area contributed by atoms with E-state index in [1.807, 2.05) is 0 Å². The maximum atomic E-state index is 8.63. The van der Waals surface area contributed by atoms with Gasteiger partial charge in [0, 0.05) is 0 Å². The van der Waals surface area contributed by atoms with E-state index in [0.29, 0.717) is 0 Å². The van der Waals surface area contributed by atoms with Crippen LogP contribution in [0.25, 0.3) is 0 Å². The molecule has 0 spiro atoms. The van der Waals surface area contributed by atoms with E-state index in [-0.39, 0.29) is 29.6 Å². The molecule has 0 aliphatic rings. The van der Waals surface area contributed by atoms with Gasteiger partial charge in [0.25, 0.3) is 0 Å². The van der Waals surface area contributed by atoms with Crippen LogP contribution in [-0.4, -0.2) is 24.1 Å². The van der Waals surface area contributed by atoms with E-state index in [2.05, 4.69) is 6.92 Å². The summed E-state index contributed by atoms with van der Waals surface area (Å²) in [4.78, 5) is 0. The summed E-state index contributed by atoms with van der Waals surface area (Å²) >= 11 is 0. The summed E-state index contributed by atoms with van der Waals surface area (Å²) in [7, 11) is -4.92. The van der Waals surface area contributed by atoms with Crippen molar-refractivity contribution in [2.75, 3.05) is 6.54 Å². The fraction of sp³-hybridized carbons (Fsp3) is 1.00. The minimum atomic E-state index is -4.92. The van der Waals surface area contributed by atoms with Crippen molar-refractivity contribution in [1.29, 1.82) is 0 Å². The quantitative estimate of drug-likeness (QED) is 0.259. The van der Waals surface area contributed by atoms with E-state index in [4.69, 9.17) is 23.3 Å². The van der Waals surface area contributed by atoms with Crippen molar-refractivity contribution in [2.24, 2.45) is 5.73 Å². The maximum Gasteiger partial charge on any atom is 1.00 e. The summed E-state index contributed by atoms with van der Waals surface area (Å²) < 4.78 is 32.8. The first kappa shape index (κ1) is 23.0. The molecule has 100 valence electrons. The second kappa shape index (κ2) is 16.8. The Morgan fingerprint density at radius 2 is 1.29 bits per heavy atom. The Labute approximate surface area is 127 Å². The van der Waals surface area contributed by atoms with Crippen LogP contribution in [0.3, 0.4) is 0 Å². The van der Waals surface area contributed by atoms with Gasteiger partial charge in [-0.25, -0.2) is 8.42 Å². The third kappa shape index (κ3) is 47.5. The van der Waals surface area contributed by atoms with Gasteiger partial charge in [-0.2, -0.15) is 0 Å². The third-order valence-electron chi connectivity index (χ3n) is 2.06. The Hall–Kier alpha value is 0.830. The van der Waals surface area contributed by atoms with Crippen molar-refractivity contribution in [3.63, 3.8) is 0 Å². The fourth-order valence-electron chi connectivity index (χ4n) is 1.28. The van der Waals surface area contributed by atoms with Crippen molar-refractivity contribution in [3.05, 3.63) is 0 Å². The largest absolute Gasteiger partial charge is 1.00 e. The normalized spacial score (nSPS) is 10.1. The molecule has 0 fully saturated rings. The molecule has 0 radical (unpaired) electrons. The molecule has 0 aliphatic heterocycles. The van der Waals surface area contributed by atoms with Crippen molar-refractivity contribution in [1.82, 2.24) is 0 Å². The first-order valence-corrected chi connectivity index (χ1v) is 7.16. The molecule has 0 saturated carbocycles. The monoisotopic (exact) mass is 277 g/mol. The number of hydrogen-bond acceptors (Lipinski definition) is 4. The van der Waals surface area contributed by atoms with Gasteiger partial charge >= 0.3 is 29.6 Å². The standard InChI is InChI=1S/C10H23N.Na.H2O4S/c1-2-3-4-5-6-7-8-9-10-11;;1-5(2,3)4/h2-11H2,1H3;;(H2,1,2,3,4)/q;+1;/p-1. The van der Waals surface area contributed by atoms with Gasteiger partial charge in [-0.05, 0) is 13.0 Å². The van der Waals surface area contributed by atoms with Crippen LogP contribution in [0.5, 0.6) is 0 Å². The number of rotatable bonds is 8. The van der Waals surface area contributed by atoms with Crippen LogP contribution in [0.2, 0.25) is 0 Å². The van der Waals surface area contributed by atoms with Crippen LogP contribution in [0.4, 0.5) is 0 Å².